The minimum absolute atomic E-state index is 0.0994. The zero-order valence-electron chi connectivity index (χ0n) is 15.9. The van der Waals surface area contributed by atoms with E-state index in [0.29, 0.717) is 16.7 Å². The molecule has 3 atom stereocenters. The molecule has 0 unspecified atom stereocenters. The summed E-state index contributed by atoms with van der Waals surface area (Å²) >= 11 is 11.5. The second-order valence-corrected chi connectivity index (χ2v) is 8.56. The third-order valence-corrected chi connectivity index (χ3v) is 5.56. The molecule has 1 fully saturated rings. The van der Waals surface area contributed by atoms with Crippen LogP contribution in [0.2, 0.25) is 0 Å². The van der Waals surface area contributed by atoms with Crippen molar-refractivity contribution in [1.29, 1.82) is 5.26 Å². The molecule has 4 nitrogen and oxygen atoms in total. The molecular formula is C23H19Cl2NO3. The van der Waals surface area contributed by atoms with Gasteiger partial charge in [0.05, 0.1) is 5.92 Å². The Balaban J connectivity index is 1.78. The van der Waals surface area contributed by atoms with E-state index in [0.717, 1.165) is 0 Å². The summed E-state index contributed by atoms with van der Waals surface area (Å²) in [5.74, 6) is -1.23. The molecule has 29 heavy (non-hydrogen) atoms. The van der Waals surface area contributed by atoms with Gasteiger partial charge < -0.3 is 4.74 Å². The van der Waals surface area contributed by atoms with E-state index in [1.54, 1.807) is 54.6 Å². The Kier molecular flexibility index (Phi) is 6.12. The van der Waals surface area contributed by atoms with Gasteiger partial charge in [0.15, 0.2) is 5.78 Å². The van der Waals surface area contributed by atoms with Gasteiger partial charge >= 0.3 is 5.97 Å². The van der Waals surface area contributed by atoms with Gasteiger partial charge in [0, 0.05) is 16.7 Å². The van der Waals surface area contributed by atoms with Gasteiger partial charge in [-0.25, -0.2) is 0 Å². The van der Waals surface area contributed by atoms with E-state index in [2.05, 4.69) is 0 Å². The highest BCUT2D eigenvalue weighted by molar-refractivity contribution is 6.55. The lowest BCUT2D eigenvalue weighted by Crippen LogP contribution is -2.15. The Bertz CT molecular complexity index is 1000. The predicted molar refractivity (Wildman–Crippen MR) is 111 cm³/mol. The maximum absolute atomic E-state index is 12.7. The van der Waals surface area contributed by atoms with Gasteiger partial charge in [-0.2, -0.15) is 5.26 Å². The molecule has 0 aliphatic heterocycles. The van der Waals surface area contributed by atoms with Crippen molar-refractivity contribution >= 4 is 35.0 Å². The molecule has 0 radical (unpaired) electrons. The number of rotatable bonds is 6. The molecule has 1 saturated carbocycles. The molecular weight excluding hydrogens is 409 g/mol. The number of allylic oxidation sites excluding steroid dienone is 1. The molecule has 6 heteroatoms. The van der Waals surface area contributed by atoms with Crippen LogP contribution < -0.4 is 0 Å². The average molecular weight is 428 g/mol. The highest BCUT2D eigenvalue weighted by Gasteiger charge is 2.62. The van der Waals surface area contributed by atoms with Crippen LogP contribution in [-0.4, -0.2) is 11.8 Å². The van der Waals surface area contributed by atoms with E-state index in [-0.39, 0.29) is 21.6 Å². The zero-order valence-corrected chi connectivity index (χ0v) is 17.4. The normalized spacial score (nSPS) is 20.1. The van der Waals surface area contributed by atoms with Crippen LogP contribution >= 0.6 is 23.2 Å². The maximum Gasteiger partial charge on any atom is 0.311 e. The quantitative estimate of drug-likeness (QED) is 0.443. The van der Waals surface area contributed by atoms with Crippen molar-refractivity contribution in [1.82, 2.24) is 0 Å². The molecule has 148 valence electrons. The molecule has 1 aliphatic rings. The fourth-order valence-corrected chi connectivity index (χ4v) is 3.80. The van der Waals surface area contributed by atoms with E-state index in [1.165, 1.54) is 0 Å². The van der Waals surface area contributed by atoms with Crippen LogP contribution in [0.5, 0.6) is 0 Å². The number of ketones is 1. The largest absolute Gasteiger partial charge is 0.442 e. The molecule has 0 saturated heterocycles. The first-order valence-corrected chi connectivity index (χ1v) is 9.84. The van der Waals surface area contributed by atoms with Crippen molar-refractivity contribution in [2.45, 2.75) is 20.0 Å². The fraction of sp³-hybridized carbons (Fsp3) is 0.261. The number of nitriles is 1. The lowest BCUT2D eigenvalue weighted by atomic mass is 9.99. The van der Waals surface area contributed by atoms with Gasteiger partial charge in [0.1, 0.15) is 10.6 Å². The van der Waals surface area contributed by atoms with Crippen molar-refractivity contribution in [3.8, 4) is 6.07 Å². The van der Waals surface area contributed by atoms with Crippen molar-refractivity contribution < 1.29 is 14.3 Å². The van der Waals surface area contributed by atoms with Gasteiger partial charge in [0.25, 0.3) is 0 Å². The SMILES string of the molecule is CC1(C)[C@@H](C=C(Cl)Cl)[C@@H]1C(=O)O[C@@H](C#N)c1cccc(C(=O)c2ccccc2)c1. The maximum atomic E-state index is 12.7. The van der Waals surface area contributed by atoms with E-state index in [9.17, 15) is 14.9 Å². The number of esters is 1. The molecule has 3 rings (SSSR count). The summed E-state index contributed by atoms with van der Waals surface area (Å²) in [6, 6.07) is 17.4. The molecule has 2 aromatic rings. The number of halogens is 2. The summed E-state index contributed by atoms with van der Waals surface area (Å²) in [7, 11) is 0. The van der Waals surface area contributed by atoms with Gasteiger partial charge in [-0.1, -0.05) is 85.6 Å². The van der Waals surface area contributed by atoms with Crippen LogP contribution in [0.1, 0.15) is 41.4 Å². The molecule has 0 amide bonds. The molecule has 1 aliphatic carbocycles. The summed E-state index contributed by atoms with van der Waals surface area (Å²) in [6.45, 7) is 3.83. The number of hydrogen-bond acceptors (Lipinski definition) is 4. The highest BCUT2D eigenvalue weighted by Crippen LogP contribution is 2.60. The smallest absolute Gasteiger partial charge is 0.311 e. The number of carbonyl (C=O) groups is 2. The van der Waals surface area contributed by atoms with Crippen molar-refractivity contribution in [3.63, 3.8) is 0 Å². The summed E-state index contributed by atoms with van der Waals surface area (Å²) in [6.07, 6.45) is 0.508. The summed E-state index contributed by atoms with van der Waals surface area (Å²) in [5, 5.41) is 9.55. The zero-order chi connectivity index (χ0) is 21.2. The average Bonchev–Trinajstić information content (AvgIpc) is 3.25. The number of carbonyl (C=O) groups excluding carboxylic acids is 2. The van der Waals surface area contributed by atoms with Gasteiger partial charge in [-0.05, 0) is 23.5 Å². The highest BCUT2D eigenvalue weighted by atomic mass is 35.5. The molecule has 0 spiro atoms. The number of nitrogens with zero attached hydrogens (tertiary/aromatic N) is 1. The van der Waals surface area contributed by atoms with Gasteiger partial charge in [-0.3, -0.25) is 9.59 Å². The van der Waals surface area contributed by atoms with Gasteiger partial charge in [-0.15, -0.1) is 0 Å². The predicted octanol–water partition coefficient (Wildman–Crippen LogP) is 5.62. The third-order valence-electron chi connectivity index (χ3n) is 5.31. The number of hydrogen-bond donors (Lipinski definition) is 0. The lowest BCUT2D eigenvalue weighted by Gasteiger charge is -2.13. The minimum atomic E-state index is -1.11. The van der Waals surface area contributed by atoms with Crippen LogP contribution in [-0.2, 0) is 9.53 Å². The summed E-state index contributed by atoms with van der Waals surface area (Å²) in [5.41, 5.74) is 1.06. The number of ether oxygens (including phenoxy) is 1. The fourth-order valence-electron chi connectivity index (χ4n) is 3.53. The van der Waals surface area contributed by atoms with Crippen molar-refractivity contribution in [2.75, 3.05) is 0 Å². The van der Waals surface area contributed by atoms with Crippen LogP contribution in [0, 0.1) is 28.6 Å². The van der Waals surface area contributed by atoms with E-state index in [1.807, 2.05) is 26.0 Å². The first-order valence-electron chi connectivity index (χ1n) is 9.08. The first kappa shape index (κ1) is 21.1. The first-order chi connectivity index (χ1) is 13.8. The van der Waals surface area contributed by atoms with Crippen LogP contribution in [0.3, 0.4) is 0 Å². The van der Waals surface area contributed by atoms with E-state index < -0.39 is 18.0 Å². The van der Waals surface area contributed by atoms with Crippen LogP contribution in [0.4, 0.5) is 0 Å². The van der Waals surface area contributed by atoms with E-state index in [4.69, 9.17) is 27.9 Å². The molecule has 0 bridgehead atoms. The minimum Gasteiger partial charge on any atom is -0.442 e. The summed E-state index contributed by atoms with van der Waals surface area (Å²) in [4.78, 5) is 25.3. The second kappa shape index (κ2) is 8.41. The van der Waals surface area contributed by atoms with Crippen molar-refractivity contribution in [3.05, 3.63) is 81.9 Å². The molecule has 2 aromatic carbocycles. The third kappa shape index (κ3) is 4.53. The lowest BCUT2D eigenvalue weighted by molar-refractivity contribution is -0.149. The topological polar surface area (TPSA) is 67.2 Å². The molecule has 0 heterocycles. The Morgan fingerprint density at radius 1 is 1.10 bits per heavy atom. The Morgan fingerprint density at radius 3 is 2.38 bits per heavy atom. The Hall–Kier alpha value is -2.61. The standard InChI is InChI=1S/C23H19Cl2NO3/c1-23(2)17(12-19(24)25)20(23)22(28)29-18(13-26)15-9-6-10-16(11-15)21(27)14-7-4-3-5-8-14/h3-12,17-18,20H,1-2H3/t17-,18-,20+/m0/s1. The van der Waals surface area contributed by atoms with Crippen LogP contribution in [0.15, 0.2) is 65.2 Å². The van der Waals surface area contributed by atoms with E-state index >= 15 is 0 Å². The summed E-state index contributed by atoms with van der Waals surface area (Å²) < 4.78 is 5.57. The Labute approximate surface area is 179 Å². The Morgan fingerprint density at radius 2 is 1.76 bits per heavy atom. The number of benzene rings is 2. The van der Waals surface area contributed by atoms with Gasteiger partial charge in [0.2, 0.25) is 6.10 Å². The van der Waals surface area contributed by atoms with Crippen molar-refractivity contribution in [2.24, 2.45) is 17.3 Å². The molecule has 0 N–H and O–H groups in total. The monoisotopic (exact) mass is 427 g/mol. The van der Waals surface area contributed by atoms with Crippen LogP contribution in [0.25, 0.3) is 0 Å². The molecule has 0 aromatic heterocycles. The second-order valence-electron chi connectivity index (χ2n) is 7.55.